The van der Waals surface area contributed by atoms with Crippen molar-refractivity contribution < 1.29 is 18.4 Å². The molecule has 0 saturated heterocycles. The van der Waals surface area contributed by atoms with E-state index in [9.17, 15) is 18.4 Å². The summed E-state index contributed by atoms with van der Waals surface area (Å²) in [7, 11) is 0. The Bertz CT molecular complexity index is 463. The van der Waals surface area contributed by atoms with E-state index in [0.717, 1.165) is 12.1 Å². The van der Waals surface area contributed by atoms with Crippen LogP contribution in [0, 0.1) is 11.6 Å². The number of hydrogen-bond acceptors (Lipinski definition) is 2. The molecule has 2 N–H and O–H groups in total. The van der Waals surface area contributed by atoms with Crippen molar-refractivity contribution in [2.75, 3.05) is 5.32 Å². The highest BCUT2D eigenvalue weighted by Gasteiger charge is 2.17. The van der Waals surface area contributed by atoms with E-state index in [-0.39, 0.29) is 11.7 Å². The minimum absolute atomic E-state index is 0.152. The molecule has 0 unspecified atom stereocenters. The van der Waals surface area contributed by atoms with E-state index in [1.807, 2.05) is 6.92 Å². The van der Waals surface area contributed by atoms with Crippen LogP contribution in [0.25, 0.3) is 0 Å². The number of nitrogens with one attached hydrogen (secondary N) is 2. The van der Waals surface area contributed by atoms with Gasteiger partial charge in [0.2, 0.25) is 0 Å². The van der Waals surface area contributed by atoms with Crippen LogP contribution >= 0.6 is 0 Å². The first-order valence-corrected chi connectivity index (χ1v) is 5.51. The van der Waals surface area contributed by atoms with E-state index in [0.29, 0.717) is 12.5 Å². The normalized spacial score (nSPS) is 11.8. The van der Waals surface area contributed by atoms with E-state index in [2.05, 4.69) is 10.6 Å². The molecule has 0 aromatic heterocycles. The molecule has 1 rings (SSSR count). The molecule has 0 fully saturated rings. The molecule has 0 aliphatic heterocycles. The van der Waals surface area contributed by atoms with Crippen LogP contribution in [0.3, 0.4) is 0 Å². The first-order chi connectivity index (χ1) is 8.43. The van der Waals surface area contributed by atoms with E-state index in [1.54, 1.807) is 6.92 Å². The molecule has 98 valence electrons. The average molecular weight is 256 g/mol. The SMILES string of the molecule is CC[C@H](C)NC(=O)C(=O)Nc1ccc(F)cc1F. The molecule has 1 aromatic rings. The number of hydrogen-bond donors (Lipinski definition) is 2. The first kappa shape index (κ1) is 14.1. The number of halogens is 2. The summed E-state index contributed by atoms with van der Waals surface area (Å²) < 4.78 is 25.8. The Labute approximate surface area is 103 Å². The molecule has 0 radical (unpaired) electrons. The number of carbonyl (C=O) groups excluding carboxylic acids is 2. The van der Waals surface area contributed by atoms with Crippen molar-refractivity contribution in [3.05, 3.63) is 29.8 Å². The molecule has 0 aliphatic rings. The smallest absolute Gasteiger partial charge is 0.313 e. The van der Waals surface area contributed by atoms with Crippen LogP contribution < -0.4 is 10.6 Å². The van der Waals surface area contributed by atoms with Crippen molar-refractivity contribution in [1.82, 2.24) is 5.32 Å². The standard InChI is InChI=1S/C12H14F2N2O2/c1-3-7(2)15-11(17)12(18)16-10-5-4-8(13)6-9(10)14/h4-7H,3H2,1-2H3,(H,15,17)(H,16,18)/t7-/m0/s1. The van der Waals surface area contributed by atoms with Gasteiger partial charge in [0.25, 0.3) is 0 Å². The third-order valence-corrected chi connectivity index (χ3v) is 2.38. The molecule has 2 amide bonds. The van der Waals surface area contributed by atoms with Crippen molar-refractivity contribution in [3.8, 4) is 0 Å². The molecular weight excluding hydrogens is 242 g/mol. The Kier molecular flexibility index (Phi) is 4.76. The van der Waals surface area contributed by atoms with E-state index in [4.69, 9.17) is 0 Å². The molecule has 0 saturated carbocycles. The van der Waals surface area contributed by atoms with Crippen molar-refractivity contribution in [3.63, 3.8) is 0 Å². The van der Waals surface area contributed by atoms with Crippen LogP contribution in [-0.2, 0) is 9.59 Å². The van der Waals surface area contributed by atoms with Gasteiger partial charge in [-0.25, -0.2) is 8.78 Å². The Morgan fingerprint density at radius 2 is 1.94 bits per heavy atom. The Balaban J connectivity index is 2.67. The summed E-state index contributed by atoms with van der Waals surface area (Å²) in [6.07, 6.45) is 0.671. The zero-order valence-electron chi connectivity index (χ0n) is 10.1. The second-order valence-corrected chi connectivity index (χ2v) is 3.86. The number of carbonyl (C=O) groups is 2. The molecule has 1 aromatic carbocycles. The van der Waals surface area contributed by atoms with E-state index in [1.165, 1.54) is 0 Å². The van der Waals surface area contributed by atoms with Gasteiger partial charge in [-0.2, -0.15) is 0 Å². The third kappa shape index (κ3) is 3.80. The summed E-state index contributed by atoms with van der Waals surface area (Å²) in [5.74, 6) is -3.52. The van der Waals surface area contributed by atoms with Crippen LogP contribution in [0.5, 0.6) is 0 Å². The molecule has 0 bridgehead atoms. The zero-order chi connectivity index (χ0) is 13.7. The second kappa shape index (κ2) is 6.09. The van der Waals surface area contributed by atoms with Gasteiger partial charge in [0.1, 0.15) is 11.6 Å². The quantitative estimate of drug-likeness (QED) is 0.810. The highest BCUT2D eigenvalue weighted by atomic mass is 19.1. The molecule has 18 heavy (non-hydrogen) atoms. The minimum Gasteiger partial charge on any atom is -0.345 e. The van der Waals surface area contributed by atoms with Gasteiger partial charge < -0.3 is 10.6 Å². The van der Waals surface area contributed by atoms with Gasteiger partial charge in [-0.1, -0.05) is 6.92 Å². The lowest BCUT2D eigenvalue weighted by molar-refractivity contribution is -0.136. The summed E-state index contributed by atoms with van der Waals surface area (Å²) in [5, 5.41) is 4.51. The van der Waals surface area contributed by atoms with Crippen molar-refractivity contribution in [2.24, 2.45) is 0 Å². The van der Waals surface area contributed by atoms with Gasteiger partial charge in [0.15, 0.2) is 0 Å². The van der Waals surface area contributed by atoms with Gasteiger partial charge in [-0.3, -0.25) is 9.59 Å². The Hall–Kier alpha value is -1.98. The number of rotatable bonds is 3. The summed E-state index contributed by atoms with van der Waals surface area (Å²) in [5.41, 5.74) is -0.235. The van der Waals surface area contributed by atoms with Crippen molar-refractivity contribution in [2.45, 2.75) is 26.3 Å². The van der Waals surface area contributed by atoms with Gasteiger partial charge in [0, 0.05) is 12.1 Å². The van der Waals surface area contributed by atoms with Crippen LogP contribution in [0.2, 0.25) is 0 Å². The fourth-order valence-electron chi connectivity index (χ4n) is 1.16. The summed E-state index contributed by atoms with van der Waals surface area (Å²) in [4.78, 5) is 22.8. The van der Waals surface area contributed by atoms with Gasteiger partial charge in [-0.15, -0.1) is 0 Å². The fourth-order valence-corrected chi connectivity index (χ4v) is 1.16. The average Bonchev–Trinajstić information content (AvgIpc) is 2.32. The lowest BCUT2D eigenvalue weighted by Crippen LogP contribution is -2.40. The number of anilines is 1. The lowest BCUT2D eigenvalue weighted by atomic mass is 10.2. The summed E-state index contributed by atoms with van der Waals surface area (Å²) >= 11 is 0. The fraction of sp³-hybridized carbons (Fsp3) is 0.333. The predicted molar refractivity (Wildman–Crippen MR) is 62.9 cm³/mol. The summed E-state index contributed by atoms with van der Waals surface area (Å²) in [6.45, 7) is 3.59. The van der Waals surface area contributed by atoms with Crippen LogP contribution in [0.1, 0.15) is 20.3 Å². The molecule has 0 heterocycles. The topological polar surface area (TPSA) is 58.2 Å². The monoisotopic (exact) mass is 256 g/mol. The van der Waals surface area contributed by atoms with E-state index >= 15 is 0 Å². The highest BCUT2D eigenvalue weighted by Crippen LogP contribution is 2.14. The minimum atomic E-state index is -0.985. The maximum absolute atomic E-state index is 13.2. The van der Waals surface area contributed by atoms with Gasteiger partial charge >= 0.3 is 11.8 Å². The molecule has 0 aliphatic carbocycles. The third-order valence-electron chi connectivity index (χ3n) is 2.38. The lowest BCUT2D eigenvalue weighted by Gasteiger charge is -2.11. The number of amides is 2. The van der Waals surface area contributed by atoms with Crippen molar-refractivity contribution >= 4 is 17.5 Å². The van der Waals surface area contributed by atoms with Crippen LogP contribution in [0.4, 0.5) is 14.5 Å². The first-order valence-electron chi connectivity index (χ1n) is 5.51. The maximum Gasteiger partial charge on any atom is 0.313 e. The second-order valence-electron chi connectivity index (χ2n) is 3.86. The zero-order valence-corrected chi connectivity index (χ0v) is 10.1. The maximum atomic E-state index is 13.2. The number of benzene rings is 1. The van der Waals surface area contributed by atoms with E-state index < -0.39 is 23.4 Å². The Morgan fingerprint density at radius 3 is 2.50 bits per heavy atom. The van der Waals surface area contributed by atoms with Crippen LogP contribution in [-0.4, -0.2) is 17.9 Å². The van der Waals surface area contributed by atoms with Crippen LogP contribution in [0.15, 0.2) is 18.2 Å². The Morgan fingerprint density at radius 1 is 1.28 bits per heavy atom. The summed E-state index contributed by atoms with van der Waals surface area (Å²) in [6, 6.07) is 2.52. The van der Waals surface area contributed by atoms with Crippen molar-refractivity contribution in [1.29, 1.82) is 0 Å². The highest BCUT2D eigenvalue weighted by molar-refractivity contribution is 6.39. The predicted octanol–water partition coefficient (Wildman–Crippen LogP) is 1.82. The molecule has 6 heteroatoms. The van der Waals surface area contributed by atoms with Gasteiger partial charge in [0.05, 0.1) is 5.69 Å². The largest absolute Gasteiger partial charge is 0.345 e. The molecule has 4 nitrogen and oxygen atoms in total. The molecule has 1 atom stereocenters. The van der Waals surface area contributed by atoms with Gasteiger partial charge in [-0.05, 0) is 25.5 Å². The molecule has 0 spiro atoms. The molecular formula is C12H14F2N2O2.